The van der Waals surface area contributed by atoms with Crippen LogP contribution >= 0.6 is 0 Å². The molecule has 0 heterocycles. The Balaban J connectivity index is 1.95. The molecule has 0 aliphatic heterocycles. The first-order valence-corrected chi connectivity index (χ1v) is 10.0. The maximum absolute atomic E-state index is 5.72. The smallest absolute Gasteiger partial charge is 0.103 e. The number of benzene rings is 2. The summed E-state index contributed by atoms with van der Waals surface area (Å²) in [7, 11) is 1.78. The van der Waals surface area contributed by atoms with Crippen molar-refractivity contribution in [3.8, 4) is 0 Å². The summed E-state index contributed by atoms with van der Waals surface area (Å²) in [6.07, 6.45) is 6.98. The van der Waals surface area contributed by atoms with E-state index in [1.54, 1.807) is 7.11 Å². The molecule has 0 bridgehead atoms. The van der Waals surface area contributed by atoms with Crippen LogP contribution in [0.1, 0.15) is 74.7 Å². The van der Waals surface area contributed by atoms with E-state index in [1.807, 2.05) is 6.07 Å². The highest BCUT2D eigenvalue weighted by atomic mass is 16.5. The Morgan fingerprint density at radius 2 is 1.69 bits per heavy atom. The lowest BCUT2D eigenvalue weighted by Gasteiger charge is -2.21. The Morgan fingerprint density at radius 1 is 0.962 bits per heavy atom. The van der Waals surface area contributed by atoms with Gasteiger partial charge in [0, 0.05) is 7.11 Å². The highest BCUT2D eigenvalue weighted by molar-refractivity contribution is 5.27. The second kappa shape index (κ2) is 11.0. The van der Waals surface area contributed by atoms with Crippen LogP contribution < -0.4 is 0 Å². The average molecular weight is 351 g/mol. The Hall–Kier alpha value is -1.86. The molecule has 0 N–H and O–H groups in total. The summed E-state index contributed by atoms with van der Waals surface area (Å²) in [6.45, 7) is 8.83. The van der Waals surface area contributed by atoms with E-state index in [0.717, 1.165) is 19.3 Å². The fraction of sp³-hybridized carbons (Fsp3) is 0.440. The standard InChI is InChI=1S/C25H34O/c1-5-12-22(24-18-11-14-21(6-2)19-24)17-10-13-20(3)25(26-4)23-15-8-7-9-16-23/h7-9,11,14-16,18-19,22,25H,3,5-6,10,12-13,17H2,1-2,4H3. The quantitative estimate of drug-likeness (QED) is 0.388. The topological polar surface area (TPSA) is 9.23 Å². The molecule has 2 rings (SSSR count). The minimum Gasteiger partial charge on any atom is -0.372 e. The van der Waals surface area contributed by atoms with Crippen LogP contribution in [0, 0.1) is 0 Å². The van der Waals surface area contributed by atoms with E-state index in [4.69, 9.17) is 4.74 Å². The zero-order chi connectivity index (χ0) is 18.8. The summed E-state index contributed by atoms with van der Waals surface area (Å²) >= 11 is 0. The fourth-order valence-electron chi connectivity index (χ4n) is 3.77. The number of methoxy groups -OCH3 is 1. The third-order valence-corrected chi connectivity index (χ3v) is 5.23. The third kappa shape index (κ3) is 5.85. The third-order valence-electron chi connectivity index (χ3n) is 5.23. The second-order valence-electron chi connectivity index (χ2n) is 7.16. The van der Waals surface area contributed by atoms with Crippen LogP contribution in [0.3, 0.4) is 0 Å². The minimum atomic E-state index is 0.00393. The molecular formula is C25H34O. The maximum atomic E-state index is 5.72. The first kappa shape index (κ1) is 20.5. The zero-order valence-electron chi connectivity index (χ0n) is 16.7. The Morgan fingerprint density at radius 3 is 2.35 bits per heavy atom. The van der Waals surface area contributed by atoms with Crippen LogP contribution in [0.4, 0.5) is 0 Å². The van der Waals surface area contributed by atoms with Crippen LogP contribution in [0.15, 0.2) is 66.7 Å². The molecule has 0 aliphatic rings. The van der Waals surface area contributed by atoms with Crippen molar-refractivity contribution in [3.63, 3.8) is 0 Å². The lowest BCUT2D eigenvalue weighted by molar-refractivity contribution is 0.130. The summed E-state index contributed by atoms with van der Waals surface area (Å²) in [5.74, 6) is 0.650. The van der Waals surface area contributed by atoms with Gasteiger partial charge in [-0.2, -0.15) is 0 Å². The van der Waals surface area contributed by atoms with Gasteiger partial charge in [-0.05, 0) is 60.3 Å². The van der Waals surface area contributed by atoms with E-state index < -0.39 is 0 Å². The van der Waals surface area contributed by atoms with Crippen molar-refractivity contribution in [2.24, 2.45) is 0 Å². The predicted octanol–water partition coefficient (Wildman–Crippen LogP) is 7.25. The van der Waals surface area contributed by atoms with E-state index in [2.05, 4.69) is 69.0 Å². The lowest BCUT2D eigenvalue weighted by atomic mass is 9.87. The first-order valence-electron chi connectivity index (χ1n) is 10.0. The molecule has 0 radical (unpaired) electrons. The summed E-state index contributed by atoms with van der Waals surface area (Å²) in [6, 6.07) is 19.6. The maximum Gasteiger partial charge on any atom is 0.103 e. The van der Waals surface area contributed by atoms with Gasteiger partial charge in [-0.1, -0.05) is 81.4 Å². The summed E-state index contributed by atoms with van der Waals surface area (Å²) in [4.78, 5) is 0. The van der Waals surface area contributed by atoms with Crippen LogP contribution in [-0.4, -0.2) is 7.11 Å². The molecule has 2 unspecified atom stereocenters. The van der Waals surface area contributed by atoms with Gasteiger partial charge >= 0.3 is 0 Å². The van der Waals surface area contributed by atoms with Crippen LogP contribution in [0.2, 0.25) is 0 Å². The van der Waals surface area contributed by atoms with Gasteiger partial charge in [0.1, 0.15) is 6.10 Å². The predicted molar refractivity (Wildman–Crippen MR) is 113 cm³/mol. The SMILES string of the molecule is C=C(CCCC(CCC)c1cccc(CC)c1)C(OC)c1ccccc1. The van der Waals surface area contributed by atoms with Gasteiger partial charge in [-0.25, -0.2) is 0 Å². The van der Waals surface area contributed by atoms with Crippen molar-refractivity contribution in [1.82, 2.24) is 0 Å². The van der Waals surface area contributed by atoms with Gasteiger partial charge < -0.3 is 4.74 Å². The number of hydrogen-bond acceptors (Lipinski definition) is 1. The Labute approximate surface area is 160 Å². The highest BCUT2D eigenvalue weighted by Gasteiger charge is 2.16. The molecule has 2 aromatic rings. The molecule has 0 aromatic heterocycles. The van der Waals surface area contributed by atoms with Gasteiger partial charge in [0.2, 0.25) is 0 Å². The summed E-state index contributed by atoms with van der Waals surface area (Å²) in [5.41, 5.74) is 5.32. The number of ether oxygens (including phenoxy) is 1. The van der Waals surface area contributed by atoms with Gasteiger partial charge in [-0.3, -0.25) is 0 Å². The van der Waals surface area contributed by atoms with Crippen molar-refractivity contribution in [1.29, 1.82) is 0 Å². The minimum absolute atomic E-state index is 0.00393. The molecule has 0 amide bonds. The fourth-order valence-corrected chi connectivity index (χ4v) is 3.77. The highest BCUT2D eigenvalue weighted by Crippen LogP contribution is 2.31. The van der Waals surface area contributed by atoms with E-state index in [9.17, 15) is 0 Å². The molecule has 26 heavy (non-hydrogen) atoms. The molecule has 1 heteroatoms. The second-order valence-corrected chi connectivity index (χ2v) is 7.16. The normalized spacial score (nSPS) is 13.3. The van der Waals surface area contributed by atoms with Crippen molar-refractivity contribution in [2.45, 2.75) is 64.4 Å². The summed E-state index contributed by atoms with van der Waals surface area (Å²) in [5, 5.41) is 0. The molecule has 0 saturated carbocycles. The zero-order valence-corrected chi connectivity index (χ0v) is 16.7. The first-order chi connectivity index (χ1) is 12.7. The molecule has 140 valence electrons. The van der Waals surface area contributed by atoms with E-state index in [1.165, 1.54) is 41.5 Å². The van der Waals surface area contributed by atoms with Gasteiger partial charge in [0.15, 0.2) is 0 Å². The van der Waals surface area contributed by atoms with Crippen LogP contribution in [-0.2, 0) is 11.2 Å². The molecular weight excluding hydrogens is 316 g/mol. The Kier molecular flexibility index (Phi) is 8.64. The molecule has 0 aliphatic carbocycles. The van der Waals surface area contributed by atoms with Gasteiger partial charge in [0.05, 0.1) is 0 Å². The molecule has 2 aromatic carbocycles. The molecule has 0 spiro atoms. The average Bonchev–Trinajstić information content (AvgIpc) is 2.69. The van der Waals surface area contributed by atoms with Crippen molar-refractivity contribution >= 4 is 0 Å². The number of rotatable bonds is 11. The molecule has 2 atom stereocenters. The van der Waals surface area contributed by atoms with E-state index in [-0.39, 0.29) is 6.10 Å². The number of aryl methyl sites for hydroxylation is 1. The molecule has 0 saturated heterocycles. The molecule has 0 fully saturated rings. The summed E-state index contributed by atoms with van der Waals surface area (Å²) < 4.78 is 5.72. The van der Waals surface area contributed by atoms with E-state index >= 15 is 0 Å². The van der Waals surface area contributed by atoms with Gasteiger partial charge in [-0.15, -0.1) is 0 Å². The van der Waals surface area contributed by atoms with Crippen molar-refractivity contribution < 1.29 is 4.74 Å². The van der Waals surface area contributed by atoms with Crippen molar-refractivity contribution in [3.05, 3.63) is 83.4 Å². The van der Waals surface area contributed by atoms with Crippen molar-refractivity contribution in [2.75, 3.05) is 7.11 Å². The molecule has 1 nitrogen and oxygen atoms in total. The number of hydrogen-bond donors (Lipinski definition) is 0. The van der Waals surface area contributed by atoms with Crippen LogP contribution in [0.25, 0.3) is 0 Å². The van der Waals surface area contributed by atoms with E-state index in [0.29, 0.717) is 5.92 Å². The Bertz CT molecular complexity index is 659. The van der Waals surface area contributed by atoms with Gasteiger partial charge in [0.25, 0.3) is 0 Å². The monoisotopic (exact) mass is 350 g/mol. The largest absolute Gasteiger partial charge is 0.372 e. The lowest BCUT2D eigenvalue weighted by Crippen LogP contribution is -2.05. The van der Waals surface area contributed by atoms with Crippen LogP contribution in [0.5, 0.6) is 0 Å².